The number of carbonyl (C=O) groups is 1. The fourth-order valence-electron chi connectivity index (χ4n) is 9.12. The number of unbranched alkanes of at least 4 members (excludes halogenated alkanes) is 27. The molecule has 0 aliphatic rings. The zero-order valence-electron chi connectivity index (χ0n) is 51.8. The van der Waals surface area contributed by atoms with E-state index in [-0.39, 0.29) is 24.5 Å². The predicted octanol–water partition coefficient (Wildman–Crippen LogP) is 16.2. The average molecular weight is 1120 g/mol. The number of quaternary nitrogens is 1. The Labute approximate surface area is 490 Å². The Morgan fingerprint density at radius 1 is 0.359 bits per heavy atom. The Balaban J connectivity index is 0. The van der Waals surface area contributed by atoms with Gasteiger partial charge in [0.2, 0.25) is 0 Å². The molecule has 0 aromatic rings. The zero-order chi connectivity index (χ0) is 55.5. The highest BCUT2D eigenvalue weighted by molar-refractivity contribution is 5.69. The predicted molar refractivity (Wildman–Crippen MR) is 332 cm³/mol. The average Bonchev–Trinajstić information content (AvgIpc) is 3.43. The van der Waals surface area contributed by atoms with Crippen LogP contribution >= 0.6 is 0 Å². The molecule has 1 atom stereocenters. The van der Waals surface area contributed by atoms with Crippen molar-refractivity contribution in [3.8, 4) is 0 Å². The molecular weight excluding hydrogens is 990 g/mol. The van der Waals surface area contributed by atoms with Crippen molar-refractivity contribution in [2.24, 2.45) is 0 Å². The molecule has 8 nitrogen and oxygen atoms in total. The topological polar surface area (TPSA) is 76.9 Å². The maximum Gasteiger partial charge on any atom is 0.306 e. The first-order chi connectivity index (χ1) is 38.1. The summed E-state index contributed by atoms with van der Waals surface area (Å²) in [6.45, 7) is 12.5. The Bertz CT molecular complexity index is 1270. The Morgan fingerprint density at radius 2 is 0.654 bits per heavy atom. The number of hydrogen-bond acceptors (Lipinski definition) is 7. The van der Waals surface area contributed by atoms with E-state index in [1.165, 1.54) is 198 Å². The first-order valence-electron chi connectivity index (χ1n) is 32.9. The molecule has 0 rings (SSSR count). The van der Waals surface area contributed by atoms with Crippen LogP contribution in [0.3, 0.4) is 0 Å². The highest BCUT2D eigenvalue weighted by atomic mass is 35.5. The van der Waals surface area contributed by atoms with Gasteiger partial charge in [0.15, 0.2) is 6.73 Å². The summed E-state index contributed by atoms with van der Waals surface area (Å²) in [6, 6.07) is 0. The van der Waals surface area contributed by atoms with Crippen molar-refractivity contribution in [3.05, 3.63) is 72.9 Å². The summed E-state index contributed by atoms with van der Waals surface area (Å²) in [7, 11) is 2.15. The van der Waals surface area contributed by atoms with E-state index in [4.69, 9.17) is 28.4 Å². The molecule has 0 fully saturated rings. The van der Waals surface area contributed by atoms with Crippen LogP contribution in [0.4, 0.5) is 0 Å². The minimum Gasteiger partial charge on any atom is -1.00 e. The van der Waals surface area contributed by atoms with Crippen molar-refractivity contribution in [1.29, 1.82) is 0 Å². The summed E-state index contributed by atoms with van der Waals surface area (Å²) in [5.41, 5.74) is 0. The summed E-state index contributed by atoms with van der Waals surface area (Å²) in [6.07, 6.45) is 77.1. The van der Waals surface area contributed by atoms with Gasteiger partial charge in [0, 0.05) is 32.8 Å². The van der Waals surface area contributed by atoms with Gasteiger partial charge < -0.3 is 45.7 Å². The van der Waals surface area contributed by atoms with Crippen LogP contribution in [0.15, 0.2) is 72.9 Å². The first-order valence-corrected chi connectivity index (χ1v) is 32.9. The number of allylic oxidation sites excluding steroid dienone is 12. The molecule has 0 radical (unpaired) electrons. The molecule has 0 aliphatic carbocycles. The maximum atomic E-state index is 13.0. The van der Waals surface area contributed by atoms with Crippen molar-refractivity contribution >= 4 is 5.97 Å². The smallest absolute Gasteiger partial charge is 0.306 e. The first kappa shape index (κ1) is 78.0. The lowest BCUT2D eigenvalue weighted by molar-refractivity contribution is -0.900. The van der Waals surface area contributed by atoms with E-state index < -0.39 is 0 Å². The number of nitrogens with one attached hydrogen (secondary N) is 1. The van der Waals surface area contributed by atoms with Crippen LogP contribution in [0.25, 0.3) is 0 Å². The summed E-state index contributed by atoms with van der Waals surface area (Å²) in [4.78, 5) is 14.3. The molecule has 0 aliphatic heterocycles. The van der Waals surface area contributed by atoms with E-state index in [0.717, 1.165) is 97.0 Å². The number of ether oxygens (including phenoxy) is 6. The third kappa shape index (κ3) is 68.2. The SMILES string of the molecule is CCCCC/C=C\C/C=C\CCCCCCCCOCOCCCC(CCCOCOCCCCCCCC/C=C\C/C=C\CCCCC)OC(=O)CCC[NH+](C)COCCCCCCCC/C=C\C/C=C\CCCCC.[Cl-]. The highest BCUT2D eigenvalue weighted by Gasteiger charge is 2.15. The van der Waals surface area contributed by atoms with Crippen LogP contribution in [0.1, 0.15) is 290 Å². The second kappa shape index (κ2) is 71.1. The molecule has 0 amide bonds. The number of carbonyl (C=O) groups excluding carboxylic acids is 1. The molecular formula is C69H128ClNO7. The third-order valence-electron chi connectivity index (χ3n) is 14.1. The lowest BCUT2D eigenvalue weighted by Gasteiger charge is -2.19. The zero-order valence-corrected chi connectivity index (χ0v) is 52.6. The van der Waals surface area contributed by atoms with Gasteiger partial charge in [-0.05, 0) is 141 Å². The second-order valence-corrected chi connectivity index (χ2v) is 21.9. The molecule has 0 aromatic heterocycles. The van der Waals surface area contributed by atoms with Crippen LogP contribution in [0.2, 0.25) is 0 Å². The van der Waals surface area contributed by atoms with Crippen LogP contribution < -0.4 is 17.3 Å². The second-order valence-electron chi connectivity index (χ2n) is 21.9. The monoisotopic (exact) mass is 1120 g/mol. The van der Waals surface area contributed by atoms with Gasteiger partial charge in [0.1, 0.15) is 19.7 Å². The van der Waals surface area contributed by atoms with Crippen molar-refractivity contribution in [2.45, 2.75) is 297 Å². The molecule has 0 heterocycles. The van der Waals surface area contributed by atoms with Gasteiger partial charge in [-0.15, -0.1) is 0 Å². The summed E-state index contributed by atoms with van der Waals surface area (Å²) in [5.74, 6) is -0.111. The minimum absolute atomic E-state index is 0. The van der Waals surface area contributed by atoms with E-state index in [1.807, 2.05) is 0 Å². The molecule has 1 N–H and O–H groups in total. The number of hydrogen-bond donors (Lipinski definition) is 1. The molecule has 458 valence electrons. The fraction of sp³-hybridized carbons (Fsp3) is 0.812. The minimum atomic E-state index is -0.143. The Hall–Kier alpha value is -2.04. The molecule has 9 heteroatoms. The van der Waals surface area contributed by atoms with Gasteiger partial charge in [0.05, 0.1) is 26.6 Å². The quantitative estimate of drug-likeness (QED) is 0.0281. The highest BCUT2D eigenvalue weighted by Crippen LogP contribution is 2.14. The van der Waals surface area contributed by atoms with Crippen LogP contribution in [0, 0.1) is 0 Å². The van der Waals surface area contributed by atoms with Crippen molar-refractivity contribution in [3.63, 3.8) is 0 Å². The van der Waals surface area contributed by atoms with E-state index >= 15 is 0 Å². The third-order valence-corrected chi connectivity index (χ3v) is 14.1. The van der Waals surface area contributed by atoms with E-state index in [0.29, 0.717) is 40.0 Å². The van der Waals surface area contributed by atoms with Gasteiger partial charge in [-0.25, -0.2) is 0 Å². The van der Waals surface area contributed by atoms with Crippen LogP contribution in [-0.4, -0.2) is 79.0 Å². The van der Waals surface area contributed by atoms with Crippen molar-refractivity contribution < 1.29 is 50.5 Å². The fourth-order valence-corrected chi connectivity index (χ4v) is 9.12. The van der Waals surface area contributed by atoms with E-state index in [9.17, 15) is 4.79 Å². The summed E-state index contributed by atoms with van der Waals surface area (Å²) < 4.78 is 35.3. The molecule has 0 aromatic carbocycles. The number of esters is 1. The Morgan fingerprint density at radius 3 is 1.00 bits per heavy atom. The molecule has 0 saturated carbocycles. The van der Waals surface area contributed by atoms with Crippen molar-refractivity contribution in [1.82, 2.24) is 0 Å². The van der Waals surface area contributed by atoms with Gasteiger partial charge >= 0.3 is 5.97 Å². The molecule has 1 unspecified atom stereocenters. The standard InChI is InChI=1S/C69H127NO7.ClH/c1-5-8-11-14-17-20-23-26-29-32-35-38-41-44-47-50-60-72-65-70(4)59-53-58-69(71)77-68(56-54-63-75-66-73-61-51-48-45-42-39-36-33-30-27-24-21-18-15-12-9-6-2)57-55-64-76-67-74-62-52-49-46-43-40-37-34-31-28-25-22-19-16-13-10-7-3;/h17-22,26-31,68H,5-16,23-25,32-67H2,1-4H3;1H/b20-17-,21-18-,22-19-,29-26-,30-27-,31-28-;. The van der Waals surface area contributed by atoms with Crippen molar-refractivity contribution in [2.75, 3.05) is 66.9 Å². The molecule has 78 heavy (non-hydrogen) atoms. The van der Waals surface area contributed by atoms with Crippen LogP contribution in [-0.2, 0) is 33.2 Å². The van der Waals surface area contributed by atoms with E-state index in [2.05, 4.69) is 101 Å². The lowest BCUT2D eigenvalue weighted by Crippen LogP contribution is -3.09. The molecule has 0 spiro atoms. The molecule has 0 bridgehead atoms. The van der Waals surface area contributed by atoms with Gasteiger partial charge in [-0.1, -0.05) is 209 Å². The summed E-state index contributed by atoms with van der Waals surface area (Å²) >= 11 is 0. The number of halogens is 1. The number of rotatable bonds is 64. The lowest BCUT2D eigenvalue weighted by atomic mass is 10.1. The Kier molecular flexibility index (Phi) is 71.1. The maximum absolute atomic E-state index is 13.0. The largest absolute Gasteiger partial charge is 1.00 e. The van der Waals surface area contributed by atoms with E-state index in [1.54, 1.807) is 0 Å². The van der Waals surface area contributed by atoms with Gasteiger partial charge in [-0.3, -0.25) is 4.79 Å². The van der Waals surface area contributed by atoms with Gasteiger partial charge in [-0.2, -0.15) is 0 Å². The normalized spacial score (nSPS) is 12.6. The summed E-state index contributed by atoms with van der Waals surface area (Å²) in [5, 5.41) is 0. The van der Waals surface area contributed by atoms with Crippen LogP contribution in [0.5, 0.6) is 0 Å². The van der Waals surface area contributed by atoms with Gasteiger partial charge in [0.25, 0.3) is 0 Å². The molecule has 0 saturated heterocycles.